The summed E-state index contributed by atoms with van der Waals surface area (Å²) < 4.78 is 6.86. The molecule has 1 aromatic carbocycles. The van der Waals surface area contributed by atoms with Gasteiger partial charge in [-0.2, -0.15) is 10.1 Å². The van der Waals surface area contributed by atoms with E-state index in [1.807, 2.05) is 24.3 Å². The van der Waals surface area contributed by atoms with E-state index in [1.54, 1.807) is 14.0 Å². The quantitative estimate of drug-likeness (QED) is 0.762. The molecule has 0 spiro atoms. The van der Waals surface area contributed by atoms with Gasteiger partial charge in [0.05, 0.1) is 5.56 Å². The number of aryl methyl sites for hydroxylation is 2. The first-order valence-corrected chi connectivity index (χ1v) is 5.80. The zero-order valence-electron chi connectivity index (χ0n) is 10.5. The van der Waals surface area contributed by atoms with Crippen molar-refractivity contribution in [3.63, 3.8) is 0 Å². The van der Waals surface area contributed by atoms with Crippen LogP contribution in [0.3, 0.4) is 0 Å². The number of furan rings is 1. The molecule has 2 heterocycles. The summed E-state index contributed by atoms with van der Waals surface area (Å²) in [5, 5.41) is 7.57. The highest BCUT2D eigenvalue weighted by atomic mass is 16.3. The number of amides is 1. The van der Waals surface area contributed by atoms with Gasteiger partial charge in [0.15, 0.2) is 0 Å². The van der Waals surface area contributed by atoms with E-state index in [1.165, 1.54) is 10.9 Å². The van der Waals surface area contributed by atoms with Crippen LogP contribution in [0.15, 0.2) is 34.9 Å². The maximum Gasteiger partial charge on any atom is 0.261 e. The molecule has 96 valence electrons. The molecule has 6 nitrogen and oxygen atoms in total. The zero-order chi connectivity index (χ0) is 13.4. The van der Waals surface area contributed by atoms with Crippen molar-refractivity contribution in [2.24, 2.45) is 7.05 Å². The molecule has 6 heteroatoms. The fourth-order valence-electron chi connectivity index (χ4n) is 1.94. The van der Waals surface area contributed by atoms with Crippen LogP contribution in [0, 0.1) is 6.92 Å². The summed E-state index contributed by atoms with van der Waals surface area (Å²) in [6, 6.07) is 7.38. The van der Waals surface area contributed by atoms with Gasteiger partial charge in [-0.3, -0.25) is 10.1 Å². The number of hydrogen-bond acceptors (Lipinski definition) is 4. The minimum absolute atomic E-state index is 0.263. The molecule has 1 N–H and O–H groups in total. The third-order valence-corrected chi connectivity index (χ3v) is 2.82. The largest absolute Gasteiger partial charge is 0.463 e. The minimum Gasteiger partial charge on any atom is -0.463 e. The molecule has 0 aliphatic heterocycles. The van der Waals surface area contributed by atoms with Gasteiger partial charge in [0.1, 0.15) is 17.7 Å². The number of nitrogens with one attached hydrogen (secondary N) is 1. The topological polar surface area (TPSA) is 73.0 Å². The van der Waals surface area contributed by atoms with Crippen molar-refractivity contribution >= 4 is 22.8 Å². The van der Waals surface area contributed by atoms with E-state index in [2.05, 4.69) is 15.4 Å². The van der Waals surface area contributed by atoms with Crippen molar-refractivity contribution in [2.75, 3.05) is 5.32 Å². The molecule has 1 amide bonds. The molecular weight excluding hydrogens is 244 g/mol. The number of fused-ring (bicyclic) bond motifs is 1. The predicted octanol–water partition coefficient (Wildman–Crippen LogP) is 2.12. The lowest BCUT2D eigenvalue weighted by Crippen LogP contribution is -2.14. The van der Waals surface area contributed by atoms with Crippen LogP contribution >= 0.6 is 0 Å². The summed E-state index contributed by atoms with van der Waals surface area (Å²) in [4.78, 5) is 16.3. The summed E-state index contributed by atoms with van der Waals surface area (Å²) in [6.45, 7) is 1.77. The van der Waals surface area contributed by atoms with E-state index >= 15 is 0 Å². The van der Waals surface area contributed by atoms with Gasteiger partial charge in [-0.15, -0.1) is 0 Å². The highest BCUT2D eigenvalue weighted by Gasteiger charge is 2.15. The third kappa shape index (κ3) is 1.97. The van der Waals surface area contributed by atoms with E-state index in [-0.39, 0.29) is 5.91 Å². The van der Waals surface area contributed by atoms with Gasteiger partial charge in [0.25, 0.3) is 5.91 Å². The van der Waals surface area contributed by atoms with Crippen LogP contribution < -0.4 is 5.32 Å². The Hall–Kier alpha value is -2.63. The standard InChI is InChI=1S/C13H12N4O2/c1-8-14-13(17(2)16-8)15-12(18)10-7-19-11-6-4-3-5-9(10)11/h3-7H,1-2H3,(H,14,15,16,18). The molecule has 0 aliphatic rings. The number of aromatic nitrogens is 3. The van der Waals surface area contributed by atoms with Crippen molar-refractivity contribution < 1.29 is 9.21 Å². The SMILES string of the molecule is Cc1nc(NC(=O)c2coc3ccccc23)n(C)n1. The molecule has 3 aromatic rings. The van der Waals surface area contributed by atoms with Crippen LogP contribution in [-0.2, 0) is 7.05 Å². The van der Waals surface area contributed by atoms with Crippen molar-refractivity contribution in [2.45, 2.75) is 6.92 Å². The fraction of sp³-hybridized carbons (Fsp3) is 0.154. The first-order chi connectivity index (χ1) is 9.15. The van der Waals surface area contributed by atoms with Gasteiger partial charge in [0, 0.05) is 12.4 Å². The van der Waals surface area contributed by atoms with E-state index in [4.69, 9.17) is 4.42 Å². The summed E-state index contributed by atoms with van der Waals surface area (Å²) in [5.74, 6) is 0.753. The van der Waals surface area contributed by atoms with Crippen molar-refractivity contribution in [1.29, 1.82) is 0 Å². The Balaban J connectivity index is 1.94. The summed E-state index contributed by atoms with van der Waals surface area (Å²) in [7, 11) is 1.73. The van der Waals surface area contributed by atoms with E-state index in [9.17, 15) is 4.79 Å². The Morgan fingerprint density at radius 1 is 1.37 bits per heavy atom. The molecule has 0 fully saturated rings. The number of hydrogen-bond donors (Lipinski definition) is 1. The van der Waals surface area contributed by atoms with Crippen LogP contribution in [0.5, 0.6) is 0 Å². The van der Waals surface area contributed by atoms with E-state index in [0.29, 0.717) is 22.9 Å². The highest BCUT2D eigenvalue weighted by molar-refractivity contribution is 6.11. The van der Waals surface area contributed by atoms with Crippen molar-refractivity contribution in [1.82, 2.24) is 14.8 Å². The van der Waals surface area contributed by atoms with Gasteiger partial charge in [-0.05, 0) is 13.0 Å². The molecular formula is C13H12N4O2. The number of para-hydroxylation sites is 1. The molecule has 0 saturated carbocycles. The summed E-state index contributed by atoms with van der Waals surface area (Å²) in [6.07, 6.45) is 1.45. The first-order valence-electron chi connectivity index (χ1n) is 5.80. The Kier molecular flexibility index (Phi) is 2.56. The second-order valence-electron chi connectivity index (χ2n) is 4.21. The number of nitrogens with zero attached hydrogens (tertiary/aromatic N) is 3. The lowest BCUT2D eigenvalue weighted by atomic mass is 10.2. The zero-order valence-corrected chi connectivity index (χ0v) is 10.5. The van der Waals surface area contributed by atoms with Crippen LogP contribution in [-0.4, -0.2) is 20.7 Å². The maximum absolute atomic E-state index is 12.2. The monoisotopic (exact) mass is 256 g/mol. The number of anilines is 1. The molecule has 0 bridgehead atoms. The second kappa shape index (κ2) is 4.24. The number of carbonyl (C=O) groups excluding carboxylic acids is 1. The molecule has 0 unspecified atom stereocenters. The molecule has 0 aliphatic carbocycles. The third-order valence-electron chi connectivity index (χ3n) is 2.82. The fourth-order valence-corrected chi connectivity index (χ4v) is 1.94. The smallest absolute Gasteiger partial charge is 0.261 e. The van der Waals surface area contributed by atoms with E-state index < -0.39 is 0 Å². The number of carbonyl (C=O) groups is 1. The van der Waals surface area contributed by atoms with Crippen molar-refractivity contribution in [3.05, 3.63) is 41.9 Å². The summed E-state index contributed by atoms with van der Waals surface area (Å²) >= 11 is 0. The molecule has 3 rings (SSSR count). The van der Waals surface area contributed by atoms with Gasteiger partial charge < -0.3 is 4.42 Å². The minimum atomic E-state index is -0.263. The van der Waals surface area contributed by atoms with Crippen LogP contribution in [0.25, 0.3) is 11.0 Å². The molecule has 0 radical (unpaired) electrons. The Bertz CT molecular complexity index is 757. The first kappa shape index (κ1) is 11.5. The van der Waals surface area contributed by atoms with E-state index in [0.717, 1.165) is 5.39 Å². The normalized spacial score (nSPS) is 10.8. The molecule has 0 saturated heterocycles. The van der Waals surface area contributed by atoms with Gasteiger partial charge in [0.2, 0.25) is 5.95 Å². The van der Waals surface area contributed by atoms with Gasteiger partial charge >= 0.3 is 0 Å². The lowest BCUT2D eigenvalue weighted by Gasteiger charge is -2.01. The molecule has 2 aromatic heterocycles. The Morgan fingerprint density at radius 3 is 2.89 bits per heavy atom. The molecule has 0 atom stereocenters. The van der Waals surface area contributed by atoms with Crippen LogP contribution in [0.2, 0.25) is 0 Å². The van der Waals surface area contributed by atoms with Crippen LogP contribution in [0.1, 0.15) is 16.2 Å². The second-order valence-corrected chi connectivity index (χ2v) is 4.21. The van der Waals surface area contributed by atoms with Gasteiger partial charge in [-0.1, -0.05) is 18.2 Å². The van der Waals surface area contributed by atoms with Crippen molar-refractivity contribution in [3.8, 4) is 0 Å². The number of rotatable bonds is 2. The lowest BCUT2D eigenvalue weighted by molar-refractivity contribution is 0.102. The Labute approximate surface area is 109 Å². The maximum atomic E-state index is 12.2. The van der Waals surface area contributed by atoms with Gasteiger partial charge in [-0.25, -0.2) is 4.68 Å². The predicted molar refractivity (Wildman–Crippen MR) is 69.9 cm³/mol. The summed E-state index contributed by atoms with van der Waals surface area (Å²) in [5.41, 5.74) is 1.16. The number of benzene rings is 1. The average molecular weight is 256 g/mol. The van der Waals surface area contributed by atoms with Crippen LogP contribution in [0.4, 0.5) is 5.95 Å². The highest BCUT2D eigenvalue weighted by Crippen LogP contribution is 2.21. The molecule has 19 heavy (non-hydrogen) atoms. The average Bonchev–Trinajstić information content (AvgIpc) is 2.93. The Morgan fingerprint density at radius 2 is 2.16 bits per heavy atom.